The van der Waals surface area contributed by atoms with Crippen LogP contribution in [0.4, 0.5) is 5.69 Å². The third-order valence-electron chi connectivity index (χ3n) is 3.62. The minimum Gasteiger partial charge on any atom is -0.505 e. The maximum atomic E-state index is 12.4. The second-order valence-corrected chi connectivity index (χ2v) is 5.06. The number of pyridine rings is 1. The predicted molar refractivity (Wildman–Crippen MR) is 83.9 cm³/mol. The first kappa shape index (κ1) is 13.4. The third kappa shape index (κ3) is 2.30. The monoisotopic (exact) mass is 308 g/mol. The third-order valence-corrected chi connectivity index (χ3v) is 3.62. The number of carbonyl (C=O) groups is 1. The first-order valence-corrected chi connectivity index (χ1v) is 7.00. The van der Waals surface area contributed by atoms with Gasteiger partial charge in [-0.2, -0.15) is 0 Å². The summed E-state index contributed by atoms with van der Waals surface area (Å²) in [5, 5.41) is 13.8. The van der Waals surface area contributed by atoms with E-state index in [-0.39, 0.29) is 18.1 Å². The lowest BCUT2D eigenvalue weighted by molar-refractivity contribution is 0.102. The van der Waals surface area contributed by atoms with Gasteiger partial charge in [-0.05, 0) is 24.3 Å². The molecule has 6 heteroatoms. The number of nitrogens with zero attached hydrogens (tertiary/aromatic N) is 1. The van der Waals surface area contributed by atoms with Crippen molar-refractivity contribution in [3.63, 3.8) is 0 Å². The molecule has 3 aromatic rings. The molecule has 0 saturated heterocycles. The molecule has 0 unspecified atom stereocenters. The van der Waals surface area contributed by atoms with Crippen LogP contribution in [0.5, 0.6) is 17.2 Å². The largest absolute Gasteiger partial charge is 0.505 e. The van der Waals surface area contributed by atoms with Gasteiger partial charge in [0.25, 0.3) is 5.91 Å². The Kier molecular flexibility index (Phi) is 3.01. The first-order valence-electron chi connectivity index (χ1n) is 7.00. The zero-order chi connectivity index (χ0) is 15.8. The molecule has 114 valence electrons. The normalized spacial score (nSPS) is 12.3. The number of fused-ring (bicyclic) bond motifs is 2. The molecule has 0 fully saturated rings. The average Bonchev–Trinajstić information content (AvgIpc) is 3.03. The van der Waals surface area contributed by atoms with E-state index in [4.69, 9.17) is 9.47 Å². The number of benzene rings is 2. The van der Waals surface area contributed by atoms with Crippen molar-refractivity contribution in [1.82, 2.24) is 4.98 Å². The second-order valence-electron chi connectivity index (χ2n) is 5.06. The van der Waals surface area contributed by atoms with E-state index in [1.54, 1.807) is 42.6 Å². The van der Waals surface area contributed by atoms with Gasteiger partial charge in [0, 0.05) is 23.3 Å². The quantitative estimate of drug-likeness (QED) is 0.761. The van der Waals surface area contributed by atoms with Crippen molar-refractivity contribution in [3.8, 4) is 17.2 Å². The van der Waals surface area contributed by atoms with Crippen molar-refractivity contribution in [3.05, 3.63) is 54.2 Å². The summed E-state index contributed by atoms with van der Waals surface area (Å²) in [7, 11) is 0. The highest BCUT2D eigenvalue weighted by Gasteiger charge is 2.17. The number of nitrogens with one attached hydrogen (secondary N) is 1. The summed E-state index contributed by atoms with van der Waals surface area (Å²) in [6.45, 7) is 0.171. The van der Waals surface area contributed by atoms with E-state index in [0.29, 0.717) is 22.7 Å². The summed E-state index contributed by atoms with van der Waals surface area (Å²) in [6.07, 6.45) is 1.57. The number of aromatic hydroxyl groups is 1. The Hall–Kier alpha value is -3.28. The zero-order valence-electron chi connectivity index (χ0n) is 11.9. The molecule has 2 heterocycles. The molecule has 0 bridgehead atoms. The Balaban J connectivity index is 1.65. The van der Waals surface area contributed by atoms with Gasteiger partial charge in [0.05, 0.1) is 5.56 Å². The average molecular weight is 308 g/mol. The smallest absolute Gasteiger partial charge is 0.259 e. The number of rotatable bonds is 2. The van der Waals surface area contributed by atoms with Crippen molar-refractivity contribution in [2.24, 2.45) is 0 Å². The standard InChI is InChI=1S/C17H12N2O4/c20-16-12(5-3-10-2-1-7-18-15(10)16)17(21)19-11-4-6-13-14(8-11)23-9-22-13/h1-8,20H,9H2,(H,19,21). The van der Waals surface area contributed by atoms with Crippen LogP contribution in [0.1, 0.15) is 10.4 Å². The van der Waals surface area contributed by atoms with E-state index >= 15 is 0 Å². The molecule has 1 amide bonds. The molecular weight excluding hydrogens is 296 g/mol. The van der Waals surface area contributed by atoms with Gasteiger partial charge >= 0.3 is 0 Å². The van der Waals surface area contributed by atoms with Crippen LogP contribution in [0.2, 0.25) is 0 Å². The molecule has 2 aromatic carbocycles. The predicted octanol–water partition coefficient (Wildman–Crippen LogP) is 2.92. The van der Waals surface area contributed by atoms with E-state index in [1.807, 2.05) is 6.07 Å². The molecule has 4 rings (SSSR count). The highest BCUT2D eigenvalue weighted by Crippen LogP contribution is 2.34. The fourth-order valence-corrected chi connectivity index (χ4v) is 2.49. The lowest BCUT2D eigenvalue weighted by atomic mass is 10.1. The molecule has 1 aliphatic rings. The van der Waals surface area contributed by atoms with Crippen LogP contribution in [0.15, 0.2) is 48.7 Å². The van der Waals surface area contributed by atoms with Gasteiger partial charge in [0.1, 0.15) is 5.52 Å². The second kappa shape index (κ2) is 5.17. The minimum absolute atomic E-state index is 0.138. The number of phenolic OH excluding ortho intramolecular Hbond substituents is 1. The summed E-state index contributed by atoms with van der Waals surface area (Å²) in [4.78, 5) is 16.5. The number of hydrogen-bond donors (Lipinski definition) is 2. The molecule has 0 radical (unpaired) electrons. The molecule has 6 nitrogen and oxygen atoms in total. The number of amides is 1. The summed E-state index contributed by atoms with van der Waals surface area (Å²) in [5.41, 5.74) is 1.11. The number of ether oxygens (including phenoxy) is 2. The van der Waals surface area contributed by atoms with E-state index in [0.717, 1.165) is 5.39 Å². The number of phenols is 1. The van der Waals surface area contributed by atoms with Crippen LogP contribution in [-0.2, 0) is 0 Å². The highest BCUT2D eigenvalue weighted by atomic mass is 16.7. The molecular formula is C17H12N2O4. The van der Waals surface area contributed by atoms with Crippen LogP contribution in [0.25, 0.3) is 10.9 Å². The molecule has 2 N–H and O–H groups in total. The Morgan fingerprint density at radius 1 is 1.13 bits per heavy atom. The molecule has 23 heavy (non-hydrogen) atoms. The molecule has 0 aliphatic carbocycles. The van der Waals surface area contributed by atoms with Crippen LogP contribution in [0.3, 0.4) is 0 Å². The van der Waals surface area contributed by atoms with Gasteiger partial charge in [0.15, 0.2) is 17.2 Å². The lowest BCUT2D eigenvalue weighted by Gasteiger charge is -2.09. The maximum absolute atomic E-state index is 12.4. The summed E-state index contributed by atoms with van der Waals surface area (Å²) in [6, 6.07) is 12.0. The van der Waals surface area contributed by atoms with Crippen molar-refractivity contribution >= 4 is 22.5 Å². The van der Waals surface area contributed by atoms with Crippen molar-refractivity contribution in [2.75, 3.05) is 12.1 Å². The van der Waals surface area contributed by atoms with Gasteiger partial charge in [0.2, 0.25) is 6.79 Å². The number of carbonyl (C=O) groups excluding carboxylic acids is 1. The maximum Gasteiger partial charge on any atom is 0.259 e. The van der Waals surface area contributed by atoms with Gasteiger partial charge in [-0.25, -0.2) is 0 Å². The van der Waals surface area contributed by atoms with Gasteiger partial charge in [-0.3, -0.25) is 9.78 Å². The van der Waals surface area contributed by atoms with Gasteiger partial charge in [-0.1, -0.05) is 12.1 Å². The van der Waals surface area contributed by atoms with Crippen LogP contribution >= 0.6 is 0 Å². The molecule has 0 saturated carbocycles. The van der Waals surface area contributed by atoms with Crippen molar-refractivity contribution in [1.29, 1.82) is 0 Å². The fourth-order valence-electron chi connectivity index (χ4n) is 2.49. The molecule has 1 aromatic heterocycles. The summed E-state index contributed by atoms with van der Waals surface area (Å²) in [5.74, 6) is 0.656. The highest BCUT2D eigenvalue weighted by molar-refractivity contribution is 6.09. The summed E-state index contributed by atoms with van der Waals surface area (Å²) >= 11 is 0. The number of hydrogen-bond acceptors (Lipinski definition) is 5. The van der Waals surface area contributed by atoms with Crippen molar-refractivity contribution in [2.45, 2.75) is 0 Å². The van der Waals surface area contributed by atoms with Crippen LogP contribution in [0, 0.1) is 0 Å². The van der Waals surface area contributed by atoms with Crippen LogP contribution in [-0.4, -0.2) is 22.8 Å². The van der Waals surface area contributed by atoms with Crippen molar-refractivity contribution < 1.29 is 19.4 Å². The van der Waals surface area contributed by atoms with E-state index < -0.39 is 5.91 Å². The Labute approximate surface area is 131 Å². The van der Waals surface area contributed by atoms with E-state index in [9.17, 15) is 9.90 Å². The van der Waals surface area contributed by atoms with Gasteiger partial charge < -0.3 is 19.9 Å². The SMILES string of the molecule is O=C(Nc1ccc2c(c1)OCO2)c1ccc2cccnc2c1O. The minimum atomic E-state index is -0.422. The lowest BCUT2D eigenvalue weighted by Crippen LogP contribution is -2.12. The van der Waals surface area contributed by atoms with Gasteiger partial charge in [-0.15, -0.1) is 0 Å². The Morgan fingerprint density at radius 3 is 2.91 bits per heavy atom. The van der Waals surface area contributed by atoms with E-state index in [2.05, 4.69) is 10.3 Å². The Morgan fingerprint density at radius 2 is 2.00 bits per heavy atom. The Bertz CT molecular complexity index is 924. The summed E-state index contributed by atoms with van der Waals surface area (Å²) < 4.78 is 10.5. The molecule has 0 atom stereocenters. The zero-order valence-corrected chi connectivity index (χ0v) is 11.9. The first-order chi connectivity index (χ1) is 11.2. The van der Waals surface area contributed by atoms with E-state index in [1.165, 1.54) is 0 Å². The molecule has 0 spiro atoms. The molecule has 1 aliphatic heterocycles. The fraction of sp³-hybridized carbons (Fsp3) is 0.0588. The number of anilines is 1. The number of aromatic nitrogens is 1. The van der Waals surface area contributed by atoms with Crippen LogP contribution < -0.4 is 14.8 Å². The topological polar surface area (TPSA) is 80.7 Å².